The first-order valence-electron chi connectivity index (χ1n) is 4.92. The van der Waals surface area contributed by atoms with E-state index in [0.717, 1.165) is 5.01 Å². The van der Waals surface area contributed by atoms with Gasteiger partial charge in [0.1, 0.15) is 0 Å². The molecule has 0 saturated carbocycles. The quantitative estimate of drug-likeness (QED) is 0.807. The van der Waals surface area contributed by atoms with Crippen molar-refractivity contribution in [1.82, 2.24) is 9.29 Å². The molecule has 0 unspecified atom stereocenters. The zero-order valence-electron chi connectivity index (χ0n) is 9.43. The average molecular weight is 262 g/mol. The average Bonchev–Trinajstić information content (AvgIpc) is 2.43. The molecule has 1 aromatic rings. The van der Waals surface area contributed by atoms with Crippen LogP contribution in [-0.4, -0.2) is 44.0 Å². The molecule has 0 radical (unpaired) electrons. The largest absolute Gasteiger partial charge is 0.379 e. The molecule has 0 amide bonds. The molecule has 1 aromatic heterocycles. The van der Waals surface area contributed by atoms with E-state index in [2.05, 4.69) is 4.98 Å². The molecule has 0 spiro atoms. The van der Waals surface area contributed by atoms with E-state index in [1.54, 1.807) is 14.0 Å². The summed E-state index contributed by atoms with van der Waals surface area (Å²) in [4.78, 5) is 4.14. The van der Waals surface area contributed by atoms with Gasteiger partial charge in [-0.3, -0.25) is 0 Å². The summed E-state index contributed by atoms with van der Waals surface area (Å²) in [5, 5.41) is 0.778. The van der Waals surface area contributed by atoms with Crippen molar-refractivity contribution in [3.63, 3.8) is 0 Å². The van der Waals surface area contributed by atoms with Crippen LogP contribution in [0.4, 0.5) is 0 Å². The summed E-state index contributed by atoms with van der Waals surface area (Å²) in [5.41, 5.74) is 0.586. The van der Waals surface area contributed by atoms with Crippen molar-refractivity contribution in [2.24, 2.45) is 0 Å². The molecule has 90 valence electrons. The molecule has 2 rings (SSSR count). The van der Waals surface area contributed by atoms with Gasteiger partial charge >= 0.3 is 0 Å². The summed E-state index contributed by atoms with van der Waals surface area (Å²) >= 11 is 1.23. The number of thiazole rings is 1. The van der Waals surface area contributed by atoms with Crippen LogP contribution in [-0.2, 0) is 14.8 Å². The standard InChI is InChI=1S/C9H14N2O3S2/c1-6-9(15-7(2)10-6)16(12,13)11-4-8(5-11)14-3/h8H,4-5H2,1-3H3. The zero-order valence-corrected chi connectivity index (χ0v) is 11.1. The van der Waals surface area contributed by atoms with Gasteiger partial charge in [-0.1, -0.05) is 0 Å². The Bertz CT molecular complexity index is 489. The summed E-state index contributed by atoms with van der Waals surface area (Å²) in [6.45, 7) is 4.42. The van der Waals surface area contributed by atoms with Crippen molar-refractivity contribution < 1.29 is 13.2 Å². The van der Waals surface area contributed by atoms with E-state index in [0.29, 0.717) is 23.0 Å². The van der Waals surface area contributed by atoms with Gasteiger partial charge in [-0.15, -0.1) is 11.3 Å². The molecule has 0 aromatic carbocycles. The number of hydrogen-bond donors (Lipinski definition) is 0. The van der Waals surface area contributed by atoms with Crippen LogP contribution in [0.2, 0.25) is 0 Å². The molecule has 1 aliphatic heterocycles. The molecule has 1 aliphatic rings. The third-order valence-corrected chi connectivity index (χ3v) is 6.07. The highest BCUT2D eigenvalue weighted by Gasteiger charge is 2.38. The smallest absolute Gasteiger partial charge is 0.254 e. The lowest BCUT2D eigenvalue weighted by molar-refractivity contribution is 0.0125. The number of methoxy groups -OCH3 is 1. The first-order valence-corrected chi connectivity index (χ1v) is 7.17. The maximum Gasteiger partial charge on any atom is 0.254 e. The highest BCUT2D eigenvalue weighted by molar-refractivity contribution is 7.91. The first-order chi connectivity index (χ1) is 7.45. The lowest BCUT2D eigenvalue weighted by Gasteiger charge is -2.36. The number of aromatic nitrogens is 1. The molecule has 16 heavy (non-hydrogen) atoms. The summed E-state index contributed by atoms with van der Waals surface area (Å²) in [5.74, 6) is 0. The van der Waals surface area contributed by atoms with E-state index in [1.165, 1.54) is 15.6 Å². The summed E-state index contributed by atoms with van der Waals surface area (Å²) < 4.78 is 31.2. The predicted octanol–water partition coefficient (Wildman–Crippen LogP) is 0.779. The fourth-order valence-electron chi connectivity index (χ4n) is 1.62. The van der Waals surface area contributed by atoms with Crippen LogP contribution in [0.25, 0.3) is 0 Å². The van der Waals surface area contributed by atoms with Crippen molar-refractivity contribution in [2.45, 2.75) is 24.2 Å². The maximum atomic E-state index is 12.2. The Labute approximate surface area is 99.1 Å². The highest BCUT2D eigenvalue weighted by atomic mass is 32.2. The van der Waals surface area contributed by atoms with Crippen molar-refractivity contribution in [1.29, 1.82) is 0 Å². The topological polar surface area (TPSA) is 59.5 Å². The molecule has 0 aliphatic carbocycles. The van der Waals surface area contributed by atoms with Crippen LogP contribution in [0.5, 0.6) is 0 Å². The van der Waals surface area contributed by atoms with Crippen molar-refractivity contribution in [3.05, 3.63) is 10.7 Å². The molecule has 0 atom stereocenters. The van der Waals surface area contributed by atoms with Crippen molar-refractivity contribution >= 4 is 21.4 Å². The van der Waals surface area contributed by atoms with Crippen LogP contribution >= 0.6 is 11.3 Å². The monoisotopic (exact) mass is 262 g/mol. The van der Waals surface area contributed by atoms with Crippen LogP contribution in [0.3, 0.4) is 0 Å². The second-order valence-corrected chi connectivity index (χ2v) is 7.12. The van der Waals surface area contributed by atoms with E-state index < -0.39 is 10.0 Å². The second kappa shape index (κ2) is 4.06. The van der Waals surface area contributed by atoms with Crippen LogP contribution in [0.15, 0.2) is 4.21 Å². The van der Waals surface area contributed by atoms with E-state index >= 15 is 0 Å². The Balaban J connectivity index is 2.24. The van der Waals surface area contributed by atoms with Gasteiger partial charge in [0, 0.05) is 20.2 Å². The Morgan fingerprint density at radius 2 is 2.06 bits per heavy atom. The SMILES string of the molecule is COC1CN(S(=O)(=O)c2sc(C)nc2C)C1. The van der Waals surface area contributed by atoms with Crippen LogP contribution in [0, 0.1) is 13.8 Å². The minimum atomic E-state index is -3.35. The summed E-state index contributed by atoms with van der Waals surface area (Å²) in [6.07, 6.45) is 0.0316. The highest BCUT2D eigenvalue weighted by Crippen LogP contribution is 2.29. The number of hydrogen-bond acceptors (Lipinski definition) is 5. The molecule has 7 heteroatoms. The van der Waals surface area contributed by atoms with Crippen molar-refractivity contribution in [3.8, 4) is 0 Å². The third-order valence-electron chi connectivity index (χ3n) is 2.58. The summed E-state index contributed by atoms with van der Waals surface area (Å²) in [6, 6.07) is 0. The second-order valence-electron chi connectivity index (χ2n) is 3.79. The lowest BCUT2D eigenvalue weighted by atomic mass is 10.2. The van der Waals surface area contributed by atoms with Crippen LogP contribution in [0.1, 0.15) is 10.7 Å². The van der Waals surface area contributed by atoms with E-state index in [-0.39, 0.29) is 6.10 Å². The Morgan fingerprint density at radius 3 is 2.50 bits per heavy atom. The zero-order chi connectivity index (χ0) is 11.9. The Hall–Kier alpha value is -0.500. The van der Waals surface area contributed by atoms with Crippen molar-refractivity contribution in [2.75, 3.05) is 20.2 Å². The number of aryl methyl sites for hydroxylation is 2. The fraction of sp³-hybridized carbons (Fsp3) is 0.667. The maximum absolute atomic E-state index is 12.2. The normalized spacial score (nSPS) is 18.7. The molecule has 1 fully saturated rings. The molecule has 5 nitrogen and oxygen atoms in total. The Morgan fingerprint density at radius 1 is 1.44 bits per heavy atom. The van der Waals surface area contributed by atoms with Gasteiger partial charge in [0.15, 0.2) is 4.21 Å². The predicted molar refractivity (Wildman–Crippen MR) is 61.1 cm³/mol. The molecule has 2 heterocycles. The number of sulfonamides is 1. The van der Waals surface area contributed by atoms with Gasteiger partial charge in [-0.05, 0) is 13.8 Å². The third kappa shape index (κ3) is 1.88. The Kier molecular flexibility index (Phi) is 3.04. The summed E-state index contributed by atoms with van der Waals surface area (Å²) in [7, 11) is -1.75. The van der Waals surface area contributed by atoms with Gasteiger partial charge in [0.2, 0.25) is 0 Å². The van der Waals surface area contributed by atoms with E-state index in [4.69, 9.17) is 4.74 Å². The number of ether oxygens (including phenoxy) is 1. The molecule has 1 saturated heterocycles. The van der Waals surface area contributed by atoms with Gasteiger partial charge in [-0.25, -0.2) is 13.4 Å². The number of nitrogens with zero attached hydrogens (tertiary/aromatic N) is 2. The van der Waals surface area contributed by atoms with Gasteiger partial charge in [-0.2, -0.15) is 4.31 Å². The minimum absolute atomic E-state index is 0.0316. The lowest BCUT2D eigenvalue weighted by Crippen LogP contribution is -2.54. The number of rotatable bonds is 3. The molecular formula is C9H14N2O3S2. The van der Waals surface area contributed by atoms with Gasteiger partial charge in [0.05, 0.1) is 16.8 Å². The van der Waals surface area contributed by atoms with Crippen LogP contribution < -0.4 is 0 Å². The minimum Gasteiger partial charge on any atom is -0.379 e. The van der Waals surface area contributed by atoms with E-state index in [9.17, 15) is 8.42 Å². The van der Waals surface area contributed by atoms with E-state index in [1.807, 2.05) is 6.92 Å². The fourth-order valence-corrected chi connectivity index (χ4v) is 4.74. The molecule has 0 N–H and O–H groups in total. The van der Waals surface area contributed by atoms with Gasteiger partial charge < -0.3 is 4.74 Å². The molecule has 0 bridgehead atoms. The molecular weight excluding hydrogens is 248 g/mol. The first kappa shape index (κ1) is 12.0. The van der Waals surface area contributed by atoms with Gasteiger partial charge in [0.25, 0.3) is 10.0 Å².